The standard InChI is InChI=1S/C18H20FN3O2/c19-13-2-3-15-12(9-13)1-4-16(21-15)22-7-5-18(6-8-22)10-14(11-18)20-17(23)24/h1-4,9,14,20H,5-8,10-11H2,(H,23,24). The van der Waals surface area contributed by atoms with Crippen molar-refractivity contribution in [3.63, 3.8) is 0 Å². The first-order valence-electron chi connectivity index (χ1n) is 8.34. The Morgan fingerprint density at radius 2 is 2.00 bits per heavy atom. The van der Waals surface area contributed by atoms with Crippen molar-refractivity contribution >= 4 is 22.8 Å². The third-order valence-corrected chi connectivity index (χ3v) is 5.47. The summed E-state index contributed by atoms with van der Waals surface area (Å²) >= 11 is 0. The maximum absolute atomic E-state index is 13.3. The second-order valence-electron chi connectivity index (χ2n) is 7.05. The minimum Gasteiger partial charge on any atom is -0.465 e. The molecule has 0 unspecified atom stereocenters. The first-order valence-corrected chi connectivity index (χ1v) is 8.34. The summed E-state index contributed by atoms with van der Waals surface area (Å²) in [4.78, 5) is 17.6. The van der Waals surface area contributed by atoms with Crippen molar-refractivity contribution in [2.24, 2.45) is 5.41 Å². The van der Waals surface area contributed by atoms with E-state index in [4.69, 9.17) is 5.11 Å². The lowest BCUT2D eigenvalue weighted by Gasteiger charge is -2.52. The maximum Gasteiger partial charge on any atom is 0.404 e. The Morgan fingerprint density at radius 3 is 2.71 bits per heavy atom. The Labute approximate surface area is 139 Å². The topological polar surface area (TPSA) is 65.5 Å². The maximum atomic E-state index is 13.3. The van der Waals surface area contributed by atoms with E-state index in [0.29, 0.717) is 5.41 Å². The highest BCUT2D eigenvalue weighted by Gasteiger charge is 2.46. The number of aromatic nitrogens is 1. The van der Waals surface area contributed by atoms with Crippen LogP contribution in [0.4, 0.5) is 15.0 Å². The molecule has 5 nitrogen and oxygen atoms in total. The molecule has 2 N–H and O–H groups in total. The molecule has 1 saturated heterocycles. The van der Waals surface area contributed by atoms with Crippen LogP contribution < -0.4 is 10.2 Å². The van der Waals surface area contributed by atoms with E-state index in [0.717, 1.165) is 55.5 Å². The van der Waals surface area contributed by atoms with Crippen LogP contribution in [0.2, 0.25) is 0 Å². The van der Waals surface area contributed by atoms with Crippen molar-refractivity contribution in [2.45, 2.75) is 31.7 Å². The second-order valence-corrected chi connectivity index (χ2v) is 7.05. The molecule has 6 heteroatoms. The monoisotopic (exact) mass is 329 g/mol. The number of carboxylic acid groups (broad SMARTS) is 1. The number of halogens is 1. The van der Waals surface area contributed by atoms with Crippen LogP contribution >= 0.6 is 0 Å². The summed E-state index contributed by atoms with van der Waals surface area (Å²) in [5.74, 6) is 0.690. The molecule has 1 aliphatic heterocycles. The summed E-state index contributed by atoms with van der Waals surface area (Å²) in [5.41, 5.74) is 1.10. The summed E-state index contributed by atoms with van der Waals surface area (Å²) in [6.07, 6.45) is 3.08. The van der Waals surface area contributed by atoms with E-state index >= 15 is 0 Å². The zero-order valence-corrected chi connectivity index (χ0v) is 13.3. The van der Waals surface area contributed by atoms with Gasteiger partial charge in [-0.3, -0.25) is 0 Å². The summed E-state index contributed by atoms with van der Waals surface area (Å²) < 4.78 is 13.3. The third kappa shape index (κ3) is 2.77. The lowest BCUT2D eigenvalue weighted by molar-refractivity contribution is 0.0529. The van der Waals surface area contributed by atoms with Crippen molar-refractivity contribution in [3.8, 4) is 0 Å². The number of carbonyl (C=O) groups is 1. The molecule has 4 rings (SSSR count). The van der Waals surface area contributed by atoms with Crippen LogP contribution in [0.3, 0.4) is 0 Å². The number of benzene rings is 1. The molecule has 1 aliphatic carbocycles. The second kappa shape index (κ2) is 5.61. The van der Waals surface area contributed by atoms with Crippen LogP contribution in [0.5, 0.6) is 0 Å². The molecule has 2 aliphatic rings. The van der Waals surface area contributed by atoms with Crippen molar-refractivity contribution in [3.05, 3.63) is 36.1 Å². The number of anilines is 1. The van der Waals surface area contributed by atoms with Crippen LogP contribution in [0.25, 0.3) is 10.9 Å². The third-order valence-electron chi connectivity index (χ3n) is 5.47. The fourth-order valence-corrected chi connectivity index (χ4v) is 4.14. The molecule has 1 spiro atoms. The van der Waals surface area contributed by atoms with E-state index in [1.807, 2.05) is 12.1 Å². The van der Waals surface area contributed by atoms with Gasteiger partial charge in [0.25, 0.3) is 0 Å². The van der Waals surface area contributed by atoms with E-state index in [-0.39, 0.29) is 11.9 Å². The smallest absolute Gasteiger partial charge is 0.404 e. The van der Waals surface area contributed by atoms with Crippen molar-refractivity contribution in [1.29, 1.82) is 0 Å². The molecule has 2 aromatic rings. The van der Waals surface area contributed by atoms with Crippen LogP contribution in [0, 0.1) is 11.2 Å². The van der Waals surface area contributed by atoms with Gasteiger partial charge in [-0.1, -0.05) is 0 Å². The summed E-state index contributed by atoms with van der Waals surface area (Å²) in [5, 5.41) is 12.2. The lowest BCUT2D eigenvalue weighted by Crippen LogP contribution is -2.54. The predicted molar refractivity (Wildman–Crippen MR) is 89.8 cm³/mol. The highest BCUT2D eigenvalue weighted by molar-refractivity contribution is 5.80. The highest BCUT2D eigenvalue weighted by Crippen LogP contribution is 2.49. The molecule has 1 aromatic carbocycles. The molecule has 24 heavy (non-hydrogen) atoms. The van der Waals surface area contributed by atoms with Gasteiger partial charge in [0.05, 0.1) is 5.52 Å². The van der Waals surface area contributed by atoms with Crippen LogP contribution in [-0.2, 0) is 0 Å². The van der Waals surface area contributed by atoms with E-state index in [9.17, 15) is 9.18 Å². The number of rotatable bonds is 2. The molecule has 1 aromatic heterocycles. The Bertz CT molecular complexity index is 779. The first kappa shape index (κ1) is 15.2. The van der Waals surface area contributed by atoms with Gasteiger partial charge in [-0.2, -0.15) is 0 Å². The predicted octanol–water partition coefficient (Wildman–Crippen LogP) is 3.39. The number of hydrogen-bond donors (Lipinski definition) is 2. The summed E-state index contributed by atoms with van der Waals surface area (Å²) in [6.45, 7) is 1.86. The van der Waals surface area contributed by atoms with E-state index in [1.54, 1.807) is 6.07 Å². The first-order chi connectivity index (χ1) is 11.5. The molecule has 1 amide bonds. The summed E-state index contributed by atoms with van der Waals surface area (Å²) in [7, 11) is 0. The van der Waals surface area contributed by atoms with Crippen molar-refractivity contribution in [1.82, 2.24) is 10.3 Å². The van der Waals surface area contributed by atoms with Gasteiger partial charge in [-0.05, 0) is 61.4 Å². The zero-order chi connectivity index (χ0) is 16.7. The number of nitrogens with one attached hydrogen (secondary N) is 1. The van der Waals surface area contributed by atoms with Gasteiger partial charge in [0, 0.05) is 24.5 Å². The highest BCUT2D eigenvalue weighted by atomic mass is 19.1. The fraction of sp³-hybridized carbons (Fsp3) is 0.444. The normalized spacial score (nSPS) is 20.1. The van der Waals surface area contributed by atoms with Crippen LogP contribution in [-0.4, -0.2) is 35.3 Å². The average molecular weight is 329 g/mol. The zero-order valence-electron chi connectivity index (χ0n) is 13.3. The quantitative estimate of drug-likeness (QED) is 0.886. The molecule has 1 saturated carbocycles. The van der Waals surface area contributed by atoms with Gasteiger partial charge in [0.15, 0.2) is 0 Å². The number of amides is 1. The Morgan fingerprint density at radius 1 is 1.25 bits per heavy atom. The van der Waals surface area contributed by atoms with Crippen LogP contribution in [0.15, 0.2) is 30.3 Å². The van der Waals surface area contributed by atoms with Crippen molar-refractivity contribution < 1.29 is 14.3 Å². The molecule has 0 bridgehead atoms. The van der Waals surface area contributed by atoms with Gasteiger partial charge in [0.1, 0.15) is 11.6 Å². The lowest BCUT2D eigenvalue weighted by atomic mass is 9.60. The van der Waals surface area contributed by atoms with Crippen molar-refractivity contribution in [2.75, 3.05) is 18.0 Å². The minimum absolute atomic E-state index is 0.114. The van der Waals surface area contributed by atoms with E-state index in [2.05, 4.69) is 15.2 Å². The molecular formula is C18H20FN3O2. The van der Waals surface area contributed by atoms with E-state index in [1.165, 1.54) is 12.1 Å². The number of piperidine rings is 1. The number of hydrogen-bond acceptors (Lipinski definition) is 3. The summed E-state index contributed by atoms with van der Waals surface area (Å²) in [6, 6.07) is 8.64. The van der Waals surface area contributed by atoms with Crippen LogP contribution in [0.1, 0.15) is 25.7 Å². The molecule has 2 fully saturated rings. The van der Waals surface area contributed by atoms with Gasteiger partial charge in [-0.15, -0.1) is 0 Å². The molecular weight excluding hydrogens is 309 g/mol. The minimum atomic E-state index is -0.927. The molecule has 0 atom stereocenters. The SMILES string of the molecule is O=C(O)NC1CC2(CCN(c3ccc4cc(F)ccc4n3)CC2)C1. The average Bonchev–Trinajstić information content (AvgIpc) is 2.53. The fourth-order valence-electron chi connectivity index (χ4n) is 4.14. The molecule has 0 radical (unpaired) electrons. The van der Waals surface area contributed by atoms with Gasteiger partial charge >= 0.3 is 6.09 Å². The number of fused-ring (bicyclic) bond motifs is 1. The number of nitrogens with zero attached hydrogens (tertiary/aromatic N) is 2. The Balaban J connectivity index is 1.41. The Hall–Kier alpha value is -2.37. The molecule has 2 heterocycles. The van der Waals surface area contributed by atoms with Gasteiger partial charge < -0.3 is 15.3 Å². The van der Waals surface area contributed by atoms with Gasteiger partial charge in [-0.25, -0.2) is 14.2 Å². The van der Waals surface area contributed by atoms with E-state index < -0.39 is 6.09 Å². The molecule has 126 valence electrons. The largest absolute Gasteiger partial charge is 0.465 e. The Kier molecular flexibility index (Phi) is 3.55. The van der Waals surface area contributed by atoms with Gasteiger partial charge in [0.2, 0.25) is 0 Å². The number of pyridine rings is 1.